The number of nitrogens with one attached hydrogen (secondary N) is 1. The van der Waals surface area contributed by atoms with Crippen LogP contribution in [0.5, 0.6) is 0 Å². The molecule has 2 saturated heterocycles. The van der Waals surface area contributed by atoms with Gasteiger partial charge in [0.1, 0.15) is 5.84 Å². The summed E-state index contributed by atoms with van der Waals surface area (Å²) in [5, 5.41) is 10.3. The Bertz CT molecular complexity index is 1030. The number of aliphatic hydroxyl groups excluding tert-OH is 1. The predicted octanol–water partition coefficient (Wildman–Crippen LogP) is 7.07. The molecule has 1 amide bonds. The predicted molar refractivity (Wildman–Crippen MR) is 145 cm³/mol. The molecule has 0 atom stereocenters. The van der Waals surface area contributed by atoms with Gasteiger partial charge in [0.15, 0.2) is 5.78 Å². The van der Waals surface area contributed by atoms with Gasteiger partial charge in [-0.2, -0.15) is 26.3 Å². The Morgan fingerprint density at radius 3 is 2.25 bits per heavy atom. The molecule has 0 unspecified atom stereocenters. The molecule has 2 N–H and O–H groups in total. The molecule has 2 aliphatic heterocycles. The van der Waals surface area contributed by atoms with Gasteiger partial charge in [0.25, 0.3) is 5.24 Å². The van der Waals surface area contributed by atoms with Crippen LogP contribution >= 0.6 is 11.8 Å². The summed E-state index contributed by atoms with van der Waals surface area (Å²) in [6, 6.07) is 1.73. The number of benzene rings is 1. The number of Topliss-reactive ketones (excluding diaryl/α,β-unsaturated/α-hetero) is 1. The van der Waals surface area contributed by atoms with Crippen LogP contribution in [0.15, 0.2) is 34.2 Å². The van der Waals surface area contributed by atoms with Crippen LogP contribution in [0, 0.1) is 5.92 Å². The van der Waals surface area contributed by atoms with Crippen molar-refractivity contribution in [3.63, 3.8) is 0 Å². The summed E-state index contributed by atoms with van der Waals surface area (Å²) in [6.45, 7) is 8.50. The summed E-state index contributed by atoms with van der Waals surface area (Å²) >= 11 is 0.969. The number of carbonyl (C=O) groups excluding carboxylic acids is 2. The largest absolute Gasteiger partial charge is 0.416 e. The standard InChI is InChI=1S/C21H21F6N3O2S.C4H10O.C2H6/c1-12(31)10-28-18-17(33-19(32)29-18)8-13-4-6-30(7-5-13)11-14-2-3-15(20(22,23)24)9-16(14)21(25,26)27;1-2-3-4-5;1-2/h2-3,8-9,13H,4-7,10-11H2,1H3,(H,28,29,32);5H,2-4H2,1H3;1-2H3/b17-8-;;. The van der Waals surface area contributed by atoms with E-state index < -0.39 is 23.5 Å². The smallest absolute Gasteiger partial charge is 0.396 e. The number of amides is 1. The number of halogens is 6. The van der Waals surface area contributed by atoms with Gasteiger partial charge >= 0.3 is 12.4 Å². The molecule has 0 radical (unpaired) electrons. The van der Waals surface area contributed by atoms with E-state index >= 15 is 0 Å². The van der Waals surface area contributed by atoms with Gasteiger partial charge in [-0.15, -0.1) is 0 Å². The van der Waals surface area contributed by atoms with E-state index in [4.69, 9.17) is 5.11 Å². The third kappa shape index (κ3) is 12.0. The van der Waals surface area contributed by atoms with Crippen molar-refractivity contribution in [3.8, 4) is 0 Å². The molecule has 0 aliphatic carbocycles. The van der Waals surface area contributed by atoms with Crippen LogP contribution in [0.1, 0.15) is 70.1 Å². The van der Waals surface area contributed by atoms with Crippen molar-refractivity contribution in [2.75, 3.05) is 26.2 Å². The highest BCUT2D eigenvalue weighted by Gasteiger charge is 2.38. The highest BCUT2D eigenvalue weighted by Crippen LogP contribution is 2.38. The number of thioether (sulfide) groups is 1. The first-order valence-corrected chi connectivity index (χ1v) is 13.9. The third-order valence-corrected chi connectivity index (χ3v) is 6.62. The number of unbranched alkanes of at least 4 members (excludes halogenated alkanes) is 1. The van der Waals surface area contributed by atoms with Gasteiger partial charge in [-0.05, 0) is 74.7 Å². The van der Waals surface area contributed by atoms with Crippen LogP contribution in [0.4, 0.5) is 31.1 Å². The van der Waals surface area contributed by atoms with Crippen molar-refractivity contribution in [3.05, 3.63) is 45.9 Å². The molecule has 2 aliphatic rings. The maximum atomic E-state index is 13.4. The van der Waals surface area contributed by atoms with Crippen LogP contribution in [-0.2, 0) is 23.7 Å². The number of aliphatic imine (C=N–C) groups is 1. The first-order valence-electron chi connectivity index (χ1n) is 13.1. The van der Waals surface area contributed by atoms with Gasteiger partial charge in [0.2, 0.25) is 0 Å². The average Bonchev–Trinajstić information content (AvgIpc) is 3.23. The molecule has 0 bridgehead atoms. The SMILES string of the molecule is CC.CC(=O)CN=C1NC(=O)S/C1=C\C1CCN(Cc2ccc(C(F)(F)F)cc2C(F)(F)F)CC1.CCCCO. The minimum absolute atomic E-state index is 0.0497. The molecule has 0 spiro atoms. The highest BCUT2D eigenvalue weighted by molar-refractivity contribution is 8.18. The van der Waals surface area contributed by atoms with E-state index in [1.165, 1.54) is 6.92 Å². The molecule has 40 heavy (non-hydrogen) atoms. The molecular formula is C27H37F6N3O3S. The second kappa shape index (κ2) is 16.8. The summed E-state index contributed by atoms with van der Waals surface area (Å²) in [5.41, 5.74) is -2.81. The summed E-state index contributed by atoms with van der Waals surface area (Å²) < 4.78 is 78.7. The van der Waals surface area contributed by atoms with Gasteiger partial charge in [-0.1, -0.05) is 39.3 Å². The molecule has 2 fully saturated rings. The second-order valence-corrected chi connectivity index (χ2v) is 9.99. The van der Waals surface area contributed by atoms with Gasteiger partial charge in [-0.25, -0.2) is 0 Å². The van der Waals surface area contributed by atoms with E-state index in [-0.39, 0.29) is 41.7 Å². The van der Waals surface area contributed by atoms with Crippen LogP contribution in [0.25, 0.3) is 0 Å². The van der Waals surface area contributed by atoms with E-state index in [0.717, 1.165) is 30.7 Å². The second-order valence-electron chi connectivity index (χ2n) is 8.97. The summed E-state index contributed by atoms with van der Waals surface area (Å²) in [7, 11) is 0. The number of alkyl halides is 6. The molecule has 0 saturated carbocycles. The molecule has 6 nitrogen and oxygen atoms in total. The fraction of sp³-hybridized carbons (Fsp3) is 0.593. The van der Waals surface area contributed by atoms with E-state index in [9.17, 15) is 35.9 Å². The molecule has 2 heterocycles. The zero-order valence-electron chi connectivity index (χ0n) is 23.1. The van der Waals surface area contributed by atoms with E-state index in [2.05, 4.69) is 17.2 Å². The lowest BCUT2D eigenvalue weighted by Gasteiger charge is -2.31. The molecule has 3 rings (SSSR count). The monoisotopic (exact) mass is 597 g/mol. The maximum Gasteiger partial charge on any atom is 0.416 e. The Labute approximate surface area is 235 Å². The number of allylic oxidation sites excluding steroid dienone is 1. The lowest BCUT2D eigenvalue weighted by molar-refractivity contribution is -0.143. The number of piperidine rings is 1. The normalized spacial score (nSPS) is 18.6. The van der Waals surface area contributed by atoms with Gasteiger partial charge in [0.05, 0.1) is 22.6 Å². The molecule has 1 aromatic carbocycles. The zero-order valence-corrected chi connectivity index (χ0v) is 23.9. The quantitative estimate of drug-likeness (QED) is 0.329. The lowest BCUT2D eigenvalue weighted by Crippen LogP contribution is -2.33. The summed E-state index contributed by atoms with van der Waals surface area (Å²) in [4.78, 5) is 29.3. The number of nitrogens with zero attached hydrogens (tertiary/aromatic N) is 2. The minimum Gasteiger partial charge on any atom is -0.396 e. The molecule has 0 aromatic heterocycles. The lowest BCUT2D eigenvalue weighted by atomic mass is 9.95. The van der Waals surface area contributed by atoms with Crippen molar-refractivity contribution in [2.24, 2.45) is 10.9 Å². The molecular weight excluding hydrogens is 560 g/mol. The number of ketones is 1. The topological polar surface area (TPSA) is 82.0 Å². The number of aliphatic hydroxyl groups is 1. The van der Waals surface area contributed by atoms with Crippen LogP contribution in [0.3, 0.4) is 0 Å². The Morgan fingerprint density at radius 1 is 1.15 bits per heavy atom. The number of likely N-dealkylation sites (tertiary alicyclic amines) is 1. The van der Waals surface area contributed by atoms with Crippen molar-refractivity contribution in [1.82, 2.24) is 10.2 Å². The minimum atomic E-state index is -4.89. The zero-order chi connectivity index (χ0) is 30.5. The Balaban J connectivity index is 0.00000103. The average molecular weight is 598 g/mol. The van der Waals surface area contributed by atoms with Crippen molar-refractivity contribution in [2.45, 2.75) is 72.3 Å². The number of amidine groups is 1. The van der Waals surface area contributed by atoms with Gasteiger partial charge < -0.3 is 10.4 Å². The summed E-state index contributed by atoms with van der Waals surface area (Å²) in [6.07, 6.45) is -4.64. The maximum absolute atomic E-state index is 13.4. The Morgan fingerprint density at radius 2 is 1.77 bits per heavy atom. The first kappa shape index (κ1) is 35.6. The van der Waals surface area contributed by atoms with Crippen molar-refractivity contribution >= 4 is 28.6 Å². The van der Waals surface area contributed by atoms with Gasteiger partial charge in [0, 0.05) is 13.2 Å². The fourth-order valence-electron chi connectivity index (χ4n) is 3.80. The van der Waals surface area contributed by atoms with E-state index in [0.29, 0.717) is 49.3 Å². The third-order valence-electron chi connectivity index (χ3n) is 5.78. The number of hydrogen-bond acceptors (Lipinski definition) is 6. The fourth-order valence-corrected chi connectivity index (χ4v) is 4.62. The van der Waals surface area contributed by atoms with Crippen LogP contribution in [-0.4, -0.2) is 53.1 Å². The van der Waals surface area contributed by atoms with Gasteiger partial charge in [-0.3, -0.25) is 19.5 Å². The van der Waals surface area contributed by atoms with Crippen LogP contribution in [0.2, 0.25) is 0 Å². The van der Waals surface area contributed by atoms with Crippen LogP contribution < -0.4 is 5.32 Å². The van der Waals surface area contributed by atoms with E-state index in [1.54, 1.807) is 4.90 Å². The number of hydrogen-bond donors (Lipinski definition) is 2. The molecule has 226 valence electrons. The van der Waals surface area contributed by atoms with Crippen molar-refractivity contribution in [1.29, 1.82) is 0 Å². The van der Waals surface area contributed by atoms with Crippen molar-refractivity contribution < 1.29 is 41.0 Å². The van der Waals surface area contributed by atoms with E-state index in [1.807, 2.05) is 19.9 Å². The highest BCUT2D eigenvalue weighted by atomic mass is 32.2. The Hall–Kier alpha value is -2.38. The summed E-state index contributed by atoms with van der Waals surface area (Å²) in [5.74, 6) is 0.235. The molecule has 13 heteroatoms. The first-order chi connectivity index (χ1) is 18.7. The number of carbonyl (C=O) groups is 2. The Kier molecular flexibility index (Phi) is 15.0. The molecule has 1 aromatic rings. The number of rotatable bonds is 7.